The molecule has 0 amide bonds. The summed E-state index contributed by atoms with van der Waals surface area (Å²) < 4.78 is 0. The summed E-state index contributed by atoms with van der Waals surface area (Å²) in [5.74, 6) is 15.0. The summed E-state index contributed by atoms with van der Waals surface area (Å²) >= 11 is 0. The zero-order valence-corrected chi connectivity index (χ0v) is 49.3. The van der Waals surface area contributed by atoms with E-state index in [4.69, 9.17) is 0 Å². The van der Waals surface area contributed by atoms with Crippen molar-refractivity contribution in [2.45, 2.75) is 310 Å². The molecule has 6 saturated carbocycles. The van der Waals surface area contributed by atoms with Crippen molar-refractivity contribution in [3.8, 4) is 0 Å². The van der Waals surface area contributed by atoms with Crippen LogP contribution >= 0.6 is 0 Å². The van der Waals surface area contributed by atoms with Crippen molar-refractivity contribution in [1.82, 2.24) is 0 Å². The third-order valence-corrected chi connectivity index (χ3v) is 23.3. The van der Waals surface area contributed by atoms with Gasteiger partial charge >= 0.3 is 0 Å². The quantitative estimate of drug-likeness (QED) is 0.103. The van der Waals surface area contributed by atoms with Crippen LogP contribution in [0.2, 0.25) is 0 Å². The zero-order chi connectivity index (χ0) is 50.7. The molecule has 8 rings (SSSR count). The third kappa shape index (κ3) is 17.2. The molecule has 0 nitrogen and oxygen atoms in total. The van der Waals surface area contributed by atoms with Crippen molar-refractivity contribution < 1.29 is 0 Å². The van der Waals surface area contributed by atoms with Crippen LogP contribution in [0.4, 0.5) is 0 Å². The third-order valence-electron chi connectivity index (χ3n) is 23.3. The van der Waals surface area contributed by atoms with E-state index in [0.29, 0.717) is 0 Å². The van der Waals surface area contributed by atoms with Crippen LogP contribution in [0.3, 0.4) is 0 Å². The molecule has 6 aliphatic carbocycles. The molecule has 6 fully saturated rings. The second-order valence-corrected chi connectivity index (χ2v) is 27.5. The first-order valence-corrected chi connectivity index (χ1v) is 33.4. The van der Waals surface area contributed by atoms with Crippen LogP contribution in [0.1, 0.15) is 332 Å². The Morgan fingerprint density at radius 2 is 0.583 bits per heavy atom. The Labute approximate surface area is 449 Å². The minimum Gasteiger partial charge on any atom is -0.0654 e. The Balaban J connectivity index is 0.000000212. The van der Waals surface area contributed by atoms with E-state index in [-0.39, 0.29) is 0 Å². The normalized spacial score (nSPS) is 33.2. The molecule has 0 spiro atoms. The fourth-order valence-electron chi connectivity index (χ4n) is 17.4. The molecule has 0 heterocycles. The molecule has 0 heteroatoms. The molecule has 0 aliphatic heterocycles. The lowest BCUT2D eigenvalue weighted by Gasteiger charge is -2.40. The van der Waals surface area contributed by atoms with Gasteiger partial charge in [0, 0.05) is 0 Å². The summed E-state index contributed by atoms with van der Waals surface area (Å²) in [5, 5.41) is 0. The second kappa shape index (κ2) is 31.0. The molecule has 4 unspecified atom stereocenters. The lowest BCUT2D eigenvalue weighted by Crippen LogP contribution is -2.29. The van der Waals surface area contributed by atoms with Crippen molar-refractivity contribution in [2.24, 2.45) is 71.0 Å². The van der Waals surface area contributed by atoms with Crippen molar-refractivity contribution in [3.05, 3.63) is 70.8 Å². The predicted molar refractivity (Wildman–Crippen MR) is 317 cm³/mol. The number of rotatable bonds is 22. The summed E-state index contributed by atoms with van der Waals surface area (Å²) in [5.41, 5.74) is 6.46. The van der Waals surface area contributed by atoms with Crippen LogP contribution in [0.25, 0.3) is 0 Å². The molecule has 4 atom stereocenters. The molecule has 0 bridgehead atoms. The molecule has 6 aliphatic rings. The first-order valence-electron chi connectivity index (χ1n) is 33.4. The average molecular weight is 986 g/mol. The van der Waals surface area contributed by atoms with Gasteiger partial charge in [-0.2, -0.15) is 0 Å². The number of hydrogen-bond donors (Lipinski definition) is 0. The molecule has 0 saturated heterocycles. The minimum absolute atomic E-state index is 0.730. The first-order chi connectivity index (χ1) is 35.2. The fourth-order valence-corrected chi connectivity index (χ4v) is 17.4. The Morgan fingerprint density at radius 3 is 0.903 bits per heavy atom. The van der Waals surface area contributed by atoms with Gasteiger partial charge in [0.2, 0.25) is 0 Å². The highest BCUT2D eigenvalue weighted by Gasteiger charge is 2.36. The smallest absolute Gasteiger partial charge is 0.0162 e. The highest BCUT2D eigenvalue weighted by atomic mass is 14.4. The summed E-state index contributed by atoms with van der Waals surface area (Å²) in [6.07, 6.45) is 52.8. The van der Waals surface area contributed by atoms with E-state index in [9.17, 15) is 0 Å². The molecule has 2 aromatic carbocycles. The molecule has 408 valence electrons. The van der Waals surface area contributed by atoms with Crippen molar-refractivity contribution in [3.63, 3.8) is 0 Å². The molecule has 0 N–H and O–H groups in total. The maximum Gasteiger partial charge on any atom is -0.0162 e. The van der Waals surface area contributed by atoms with Crippen molar-refractivity contribution in [2.75, 3.05) is 0 Å². The van der Waals surface area contributed by atoms with Crippen LogP contribution in [0.5, 0.6) is 0 Å². The van der Waals surface area contributed by atoms with Gasteiger partial charge in [-0.05, 0) is 245 Å². The van der Waals surface area contributed by atoms with E-state index in [1.807, 2.05) is 0 Å². The molecule has 72 heavy (non-hydrogen) atoms. The zero-order valence-electron chi connectivity index (χ0n) is 49.3. The van der Waals surface area contributed by atoms with Gasteiger partial charge in [-0.25, -0.2) is 0 Å². The van der Waals surface area contributed by atoms with Gasteiger partial charge in [0.1, 0.15) is 0 Å². The van der Waals surface area contributed by atoms with Crippen LogP contribution in [0, 0.1) is 71.0 Å². The Bertz CT molecular complexity index is 1670. The van der Waals surface area contributed by atoms with Gasteiger partial charge < -0.3 is 0 Å². The summed E-state index contributed by atoms with van der Waals surface area (Å²) in [6, 6.07) is 20.0. The Kier molecular flexibility index (Phi) is 25.0. The fraction of sp³-hybridized carbons (Fsp3) is 0.833. The van der Waals surface area contributed by atoms with Gasteiger partial charge in [-0.15, -0.1) is 0 Å². The van der Waals surface area contributed by atoms with Crippen molar-refractivity contribution in [1.29, 1.82) is 0 Å². The monoisotopic (exact) mass is 985 g/mol. The van der Waals surface area contributed by atoms with Crippen LogP contribution < -0.4 is 0 Å². The SMILES string of the molecule is CCCCCC1CCC(C(C)C2CCC(C(C)c3ccc([C@H]4CC[C@H](CC)CC4)cc3)CC2)CC1.CCCCCC1CCC(C(C)C2CCC(C(C)c3ccc([C@H]4CC[C@H](CCCC)CC4)cc3)CC2)CC1. The lowest BCUT2D eigenvalue weighted by molar-refractivity contribution is 0.118. The maximum absolute atomic E-state index is 2.63. The van der Waals surface area contributed by atoms with Crippen LogP contribution in [-0.2, 0) is 0 Å². The van der Waals surface area contributed by atoms with Crippen LogP contribution in [0.15, 0.2) is 48.5 Å². The van der Waals surface area contributed by atoms with Gasteiger partial charge in [0.25, 0.3) is 0 Å². The largest absolute Gasteiger partial charge is 0.0654 e. The topological polar surface area (TPSA) is 0 Å². The standard InChI is InChI=1S/C37H62.C35H58/c1-5-7-9-11-31-12-16-32(17-13-31)28(3)33-20-22-34(23-21-33)29(4)35-24-26-37(27-25-35)36-18-14-30(15-19-36)10-8-6-2;1-5-7-8-9-29-12-14-30(15-13-29)26(3)31-18-20-32(21-19-31)27(4)33-22-24-35(25-23-33)34-16-10-28(6-2)11-17-34/h24-34,36H,5-23H2,1-4H3;22-32,34H,5-21H2,1-4H3/t28?,29?,30-,31?,32?,33?,34?,36-;26?,27?,28-,29?,30?,31?,32?,34-. The maximum atomic E-state index is 2.63. The highest BCUT2D eigenvalue weighted by Crippen LogP contribution is 2.48. The van der Waals surface area contributed by atoms with Gasteiger partial charge in [0.05, 0.1) is 0 Å². The van der Waals surface area contributed by atoms with E-state index in [2.05, 4.69) is 104 Å². The second-order valence-electron chi connectivity index (χ2n) is 27.5. The molecule has 2 aromatic rings. The van der Waals surface area contributed by atoms with Crippen LogP contribution in [-0.4, -0.2) is 0 Å². The number of unbranched alkanes of at least 4 members (excludes halogenated alkanes) is 5. The van der Waals surface area contributed by atoms with E-state index in [1.165, 1.54) is 231 Å². The Morgan fingerprint density at radius 1 is 0.306 bits per heavy atom. The van der Waals surface area contributed by atoms with Gasteiger partial charge in [0.15, 0.2) is 0 Å². The van der Waals surface area contributed by atoms with Gasteiger partial charge in [-0.1, -0.05) is 207 Å². The summed E-state index contributed by atoms with van der Waals surface area (Å²) in [7, 11) is 0. The molecular formula is C72H120. The van der Waals surface area contributed by atoms with Gasteiger partial charge in [-0.3, -0.25) is 0 Å². The van der Waals surface area contributed by atoms with Crippen molar-refractivity contribution >= 4 is 0 Å². The molecule has 0 radical (unpaired) electrons. The highest BCUT2D eigenvalue weighted by molar-refractivity contribution is 5.29. The minimum atomic E-state index is 0.730. The molecular weight excluding hydrogens is 865 g/mol. The van der Waals surface area contributed by atoms with E-state index in [0.717, 1.165) is 94.7 Å². The van der Waals surface area contributed by atoms with E-state index < -0.39 is 0 Å². The van der Waals surface area contributed by atoms with E-state index in [1.54, 1.807) is 22.3 Å². The Hall–Kier alpha value is -1.56. The first kappa shape index (κ1) is 58.1. The summed E-state index contributed by atoms with van der Waals surface area (Å²) in [6.45, 7) is 19.7. The average Bonchev–Trinajstić information content (AvgIpc) is 3.45. The lowest BCUT2D eigenvalue weighted by atomic mass is 9.65. The molecule has 0 aromatic heterocycles. The number of benzene rings is 2. The van der Waals surface area contributed by atoms with E-state index >= 15 is 0 Å². The number of hydrogen-bond acceptors (Lipinski definition) is 0. The summed E-state index contributed by atoms with van der Waals surface area (Å²) in [4.78, 5) is 0. The predicted octanol–water partition coefficient (Wildman–Crippen LogP) is 23.4.